The normalized spacial score (nSPS) is 13.5. The van der Waals surface area contributed by atoms with Crippen LogP contribution in [0, 0.1) is 0 Å². The SMILES string of the molecule is CCCOc1ccc2c(c1)Oc1cc(OCCC)ccc1C2C1c2ccc(OCCC)cc2Oc2cc(OCCC)ccc21. The van der Waals surface area contributed by atoms with E-state index in [1.807, 2.05) is 24.3 Å². The number of fused-ring (bicyclic) bond motifs is 4. The van der Waals surface area contributed by atoms with Crippen LogP contribution in [0.25, 0.3) is 0 Å². The molecule has 4 aromatic rings. The molecule has 0 aromatic heterocycles. The summed E-state index contributed by atoms with van der Waals surface area (Å²) in [6, 6.07) is 24.9. The summed E-state index contributed by atoms with van der Waals surface area (Å²) in [7, 11) is 0. The van der Waals surface area contributed by atoms with Gasteiger partial charge in [0, 0.05) is 58.4 Å². The zero-order chi connectivity index (χ0) is 30.5. The minimum Gasteiger partial charge on any atom is -0.493 e. The number of rotatable bonds is 13. The average molecular weight is 595 g/mol. The summed E-state index contributed by atoms with van der Waals surface area (Å²) >= 11 is 0. The van der Waals surface area contributed by atoms with Gasteiger partial charge in [0.2, 0.25) is 0 Å². The van der Waals surface area contributed by atoms with E-state index in [1.54, 1.807) is 0 Å². The second-order valence-corrected chi connectivity index (χ2v) is 11.4. The lowest BCUT2D eigenvalue weighted by Crippen LogP contribution is -2.22. The molecule has 0 unspecified atom stereocenters. The number of hydrogen-bond acceptors (Lipinski definition) is 6. The third kappa shape index (κ3) is 6.03. The molecule has 4 aromatic carbocycles. The van der Waals surface area contributed by atoms with E-state index >= 15 is 0 Å². The Morgan fingerprint density at radius 2 is 0.659 bits per heavy atom. The highest BCUT2D eigenvalue weighted by atomic mass is 16.5. The van der Waals surface area contributed by atoms with Crippen LogP contribution in [0.15, 0.2) is 72.8 Å². The van der Waals surface area contributed by atoms with E-state index in [-0.39, 0.29) is 11.8 Å². The Labute approximate surface area is 260 Å². The molecule has 44 heavy (non-hydrogen) atoms. The monoisotopic (exact) mass is 594 g/mol. The van der Waals surface area contributed by atoms with E-state index in [0.29, 0.717) is 26.4 Å². The molecule has 2 heterocycles. The zero-order valence-corrected chi connectivity index (χ0v) is 26.2. The van der Waals surface area contributed by atoms with Gasteiger partial charge in [0.25, 0.3) is 0 Å². The summed E-state index contributed by atoms with van der Waals surface area (Å²) in [5.41, 5.74) is 4.41. The van der Waals surface area contributed by atoms with Crippen molar-refractivity contribution in [2.24, 2.45) is 0 Å². The first-order valence-corrected chi connectivity index (χ1v) is 16.1. The summed E-state index contributed by atoms with van der Waals surface area (Å²) < 4.78 is 37.3. The molecule has 0 radical (unpaired) electrons. The van der Waals surface area contributed by atoms with Gasteiger partial charge in [-0.1, -0.05) is 52.0 Å². The highest BCUT2D eigenvalue weighted by molar-refractivity contribution is 5.65. The first kappa shape index (κ1) is 29.7. The van der Waals surface area contributed by atoms with Gasteiger partial charge in [0.15, 0.2) is 0 Å². The van der Waals surface area contributed by atoms with Crippen LogP contribution in [0.4, 0.5) is 0 Å². The molecule has 6 heteroatoms. The smallest absolute Gasteiger partial charge is 0.134 e. The average Bonchev–Trinajstić information content (AvgIpc) is 3.05. The summed E-state index contributed by atoms with van der Waals surface area (Å²) in [5, 5.41) is 0. The van der Waals surface area contributed by atoms with Crippen LogP contribution >= 0.6 is 0 Å². The van der Waals surface area contributed by atoms with E-state index in [1.165, 1.54) is 0 Å². The quantitative estimate of drug-likeness (QED) is 0.154. The Hall–Kier alpha value is -4.32. The van der Waals surface area contributed by atoms with Crippen LogP contribution in [0.5, 0.6) is 46.0 Å². The number of hydrogen-bond donors (Lipinski definition) is 0. The first-order chi connectivity index (χ1) is 21.6. The standard InChI is InChI=1S/C38H42O6/c1-5-17-39-25-9-13-29-33(21-25)43-34-22-26(40-18-6-2)10-14-30(34)37(29)38-31-15-11-27(41-19-7-3)23-35(31)44-36-24-28(42-20-8-4)12-16-32(36)38/h9-16,21-24,37-38H,5-8,17-20H2,1-4H3. The Morgan fingerprint density at radius 1 is 0.409 bits per heavy atom. The number of ether oxygens (including phenoxy) is 6. The van der Waals surface area contributed by atoms with Crippen molar-refractivity contribution in [2.75, 3.05) is 26.4 Å². The molecule has 0 fully saturated rings. The van der Waals surface area contributed by atoms with Crippen molar-refractivity contribution >= 4 is 0 Å². The van der Waals surface area contributed by atoms with Gasteiger partial charge >= 0.3 is 0 Å². The highest BCUT2D eigenvalue weighted by Crippen LogP contribution is 2.58. The van der Waals surface area contributed by atoms with Crippen LogP contribution in [-0.4, -0.2) is 26.4 Å². The predicted molar refractivity (Wildman–Crippen MR) is 173 cm³/mol. The van der Waals surface area contributed by atoms with E-state index in [4.69, 9.17) is 28.4 Å². The molecule has 2 aliphatic heterocycles. The van der Waals surface area contributed by atoms with Crippen molar-refractivity contribution in [1.82, 2.24) is 0 Å². The van der Waals surface area contributed by atoms with Gasteiger partial charge in [0.05, 0.1) is 26.4 Å². The zero-order valence-electron chi connectivity index (χ0n) is 26.2. The molecule has 0 saturated heterocycles. The third-order valence-electron chi connectivity index (χ3n) is 7.94. The summed E-state index contributed by atoms with van der Waals surface area (Å²) in [5.74, 6) is 6.27. The molecule has 230 valence electrons. The molecule has 0 bridgehead atoms. The molecule has 6 nitrogen and oxygen atoms in total. The Bertz CT molecular complexity index is 1360. The second-order valence-electron chi connectivity index (χ2n) is 11.4. The Balaban J connectivity index is 1.51. The van der Waals surface area contributed by atoms with Crippen LogP contribution in [0.1, 0.15) is 87.5 Å². The van der Waals surface area contributed by atoms with Crippen molar-refractivity contribution in [1.29, 1.82) is 0 Å². The van der Waals surface area contributed by atoms with Crippen LogP contribution in [0.2, 0.25) is 0 Å². The van der Waals surface area contributed by atoms with Crippen molar-refractivity contribution < 1.29 is 28.4 Å². The molecule has 0 aliphatic carbocycles. The first-order valence-electron chi connectivity index (χ1n) is 16.1. The lowest BCUT2D eigenvalue weighted by Gasteiger charge is -2.38. The molecule has 0 atom stereocenters. The molecular formula is C38H42O6. The van der Waals surface area contributed by atoms with Gasteiger partial charge in [-0.2, -0.15) is 0 Å². The van der Waals surface area contributed by atoms with Crippen molar-refractivity contribution in [3.05, 3.63) is 95.1 Å². The maximum absolute atomic E-state index is 6.61. The molecule has 0 N–H and O–H groups in total. The van der Waals surface area contributed by atoms with Crippen LogP contribution in [0.3, 0.4) is 0 Å². The van der Waals surface area contributed by atoms with Gasteiger partial charge in [-0.25, -0.2) is 0 Å². The number of benzene rings is 4. The summed E-state index contributed by atoms with van der Waals surface area (Å²) in [6.45, 7) is 11.0. The van der Waals surface area contributed by atoms with Crippen molar-refractivity contribution in [3.63, 3.8) is 0 Å². The van der Waals surface area contributed by atoms with E-state index in [9.17, 15) is 0 Å². The van der Waals surface area contributed by atoms with Crippen LogP contribution in [-0.2, 0) is 0 Å². The lowest BCUT2D eigenvalue weighted by atomic mass is 9.71. The third-order valence-corrected chi connectivity index (χ3v) is 7.94. The van der Waals surface area contributed by atoms with E-state index in [0.717, 1.165) is 93.9 Å². The fraction of sp³-hybridized carbons (Fsp3) is 0.368. The minimum atomic E-state index is -0.0552. The van der Waals surface area contributed by atoms with Crippen LogP contribution < -0.4 is 28.4 Å². The molecule has 0 saturated carbocycles. The second kappa shape index (κ2) is 13.5. The molecule has 2 aliphatic rings. The molecular weight excluding hydrogens is 552 g/mol. The minimum absolute atomic E-state index is 0.0552. The lowest BCUT2D eigenvalue weighted by molar-refractivity contribution is 0.310. The Morgan fingerprint density at radius 3 is 0.886 bits per heavy atom. The van der Waals surface area contributed by atoms with Gasteiger partial charge in [-0.3, -0.25) is 0 Å². The summed E-state index contributed by atoms with van der Waals surface area (Å²) in [6.07, 6.45) is 3.74. The fourth-order valence-corrected chi connectivity index (χ4v) is 5.97. The highest BCUT2D eigenvalue weighted by Gasteiger charge is 2.40. The van der Waals surface area contributed by atoms with E-state index in [2.05, 4.69) is 76.2 Å². The Kier molecular flexibility index (Phi) is 9.15. The van der Waals surface area contributed by atoms with Gasteiger partial charge in [0.1, 0.15) is 46.0 Å². The summed E-state index contributed by atoms with van der Waals surface area (Å²) in [4.78, 5) is 0. The van der Waals surface area contributed by atoms with Gasteiger partial charge in [-0.05, 0) is 49.9 Å². The predicted octanol–water partition coefficient (Wildman–Crippen LogP) is 10.0. The molecule has 0 amide bonds. The molecule has 0 spiro atoms. The topological polar surface area (TPSA) is 55.4 Å². The molecule has 6 rings (SSSR count). The maximum Gasteiger partial charge on any atom is 0.134 e. The maximum atomic E-state index is 6.61. The van der Waals surface area contributed by atoms with Crippen molar-refractivity contribution in [2.45, 2.75) is 65.2 Å². The van der Waals surface area contributed by atoms with Gasteiger partial charge in [-0.15, -0.1) is 0 Å². The fourth-order valence-electron chi connectivity index (χ4n) is 5.97. The van der Waals surface area contributed by atoms with E-state index < -0.39 is 0 Å². The van der Waals surface area contributed by atoms with Gasteiger partial charge < -0.3 is 28.4 Å². The van der Waals surface area contributed by atoms with Crippen molar-refractivity contribution in [3.8, 4) is 46.0 Å². The largest absolute Gasteiger partial charge is 0.493 e.